The largest absolute Gasteiger partial charge is 0.469 e. The van der Waals surface area contributed by atoms with Crippen LogP contribution in [0.5, 0.6) is 0 Å². The Morgan fingerprint density at radius 1 is 0.506 bits per heavy atom. The molecule has 0 radical (unpaired) electrons. The topological polar surface area (TPSA) is 197 Å². The van der Waals surface area contributed by atoms with E-state index in [4.69, 9.17) is 19.4 Å². The summed E-state index contributed by atoms with van der Waals surface area (Å²) in [5.41, 5.74) is 20.2. The van der Waals surface area contributed by atoms with Gasteiger partial charge in [0.2, 0.25) is 17.7 Å². The summed E-state index contributed by atoms with van der Waals surface area (Å²) >= 11 is 0. The Bertz CT molecular complexity index is 3840. The average Bonchev–Trinajstić information content (AvgIpc) is 3.89. The van der Waals surface area contributed by atoms with Crippen LogP contribution in [0.4, 0.5) is 0 Å². The third-order valence-corrected chi connectivity index (χ3v) is 17.1. The standard InChI is InChI=1S/C69H87N7O7/c1-35(2)37(5)54-41(9)58-43(11)56-40(8)50(30-32-53(78)82-21)61(70-56)46(14)60-49(39(7)57(71-60)44(12)62-55(38(6)36(3)4)42(10)59(73-62)45(13)63(54)72-58)29-31-52(77)74-67(15,16)64(79)75-68(17,18)65(80)76-69(19,20)66(81)83-34-33-48-27-24-26-47-25-22-23-28-51(47)48/h22-28,72-73H,29-34H2,1-21H3,(H,74,77)(H,75,79)(H,76,80). The van der Waals surface area contributed by atoms with Crippen molar-refractivity contribution >= 4 is 95.9 Å². The van der Waals surface area contributed by atoms with Gasteiger partial charge in [0.05, 0.1) is 47.5 Å². The maximum Gasteiger partial charge on any atom is 0.331 e. The number of allylic oxidation sites excluding steroid dienone is 8. The van der Waals surface area contributed by atoms with Crippen molar-refractivity contribution in [2.45, 2.75) is 187 Å². The fourth-order valence-electron chi connectivity index (χ4n) is 11.5. The first-order chi connectivity index (χ1) is 38.8. The summed E-state index contributed by atoms with van der Waals surface area (Å²) in [5, 5.41) is 10.7. The molecule has 8 bridgehead atoms. The summed E-state index contributed by atoms with van der Waals surface area (Å²) in [6, 6.07) is 14.0. The molecule has 83 heavy (non-hydrogen) atoms. The molecular formula is C69H87N7O7. The number of aryl methyl sites for hydroxylation is 5. The molecule has 0 aliphatic carbocycles. The predicted molar refractivity (Wildman–Crippen MR) is 338 cm³/mol. The zero-order valence-electron chi connectivity index (χ0n) is 53.0. The summed E-state index contributed by atoms with van der Waals surface area (Å²) in [4.78, 5) is 87.4. The monoisotopic (exact) mass is 1130 g/mol. The van der Waals surface area contributed by atoms with Gasteiger partial charge in [-0.3, -0.25) is 19.2 Å². The van der Waals surface area contributed by atoms with Crippen LogP contribution < -0.4 is 16.0 Å². The Hall–Kier alpha value is -7.87. The number of benzene rings is 2. The molecule has 5 aromatic rings. The van der Waals surface area contributed by atoms with Gasteiger partial charge in [-0.25, -0.2) is 14.8 Å². The maximum atomic E-state index is 14.3. The van der Waals surface area contributed by atoms with Gasteiger partial charge in [0.1, 0.15) is 16.6 Å². The van der Waals surface area contributed by atoms with Crippen molar-refractivity contribution in [3.05, 3.63) is 126 Å². The van der Waals surface area contributed by atoms with Crippen LogP contribution in [0.2, 0.25) is 0 Å². The summed E-state index contributed by atoms with van der Waals surface area (Å²) in [6.07, 6.45) is 1.28. The number of carbonyl (C=O) groups excluding carboxylic acids is 5. The number of H-pyrrole nitrogens is 2. The van der Waals surface area contributed by atoms with Crippen molar-refractivity contribution in [2.75, 3.05) is 13.7 Å². The van der Waals surface area contributed by atoms with Gasteiger partial charge in [0.15, 0.2) is 0 Å². The number of methoxy groups -OCH3 is 1. The predicted octanol–water partition coefficient (Wildman–Crippen LogP) is 14.0. The smallest absolute Gasteiger partial charge is 0.331 e. The van der Waals surface area contributed by atoms with Crippen LogP contribution in [0.25, 0.3) is 66.3 Å². The fraction of sp³-hybridized carbons (Fsp3) is 0.435. The minimum absolute atomic E-state index is 0.00677. The van der Waals surface area contributed by atoms with E-state index in [0.29, 0.717) is 24.2 Å². The van der Waals surface area contributed by atoms with Gasteiger partial charge in [0.25, 0.3) is 0 Å². The lowest BCUT2D eigenvalue weighted by Crippen LogP contribution is -2.65. The number of carbonyl (C=O) groups is 5. The second kappa shape index (κ2) is 24.1. The van der Waals surface area contributed by atoms with Gasteiger partial charge in [-0.2, -0.15) is 0 Å². The number of aromatic amines is 2. The van der Waals surface area contributed by atoms with Crippen LogP contribution in [0.3, 0.4) is 0 Å². The second-order valence-corrected chi connectivity index (χ2v) is 24.8. The third-order valence-electron chi connectivity index (χ3n) is 17.1. The van der Waals surface area contributed by atoms with Gasteiger partial charge in [-0.1, -0.05) is 53.6 Å². The van der Waals surface area contributed by atoms with Crippen LogP contribution in [-0.2, 0) is 39.9 Å². The molecule has 0 atom stereocenters. The molecule has 2 aliphatic rings. The molecule has 0 fully saturated rings. The number of ether oxygens (including phenoxy) is 2. The Morgan fingerprint density at radius 2 is 0.964 bits per heavy atom. The van der Waals surface area contributed by atoms with Crippen molar-refractivity contribution < 1.29 is 33.4 Å². The van der Waals surface area contributed by atoms with E-state index in [-0.39, 0.29) is 31.8 Å². The molecule has 0 spiro atoms. The molecule has 5 N–H and O–H groups in total. The van der Waals surface area contributed by atoms with Gasteiger partial charge in [-0.15, -0.1) is 0 Å². The Labute approximate surface area is 490 Å². The molecule has 440 valence electrons. The number of amides is 3. The number of nitrogens with one attached hydrogen (secondary N) is 5. The van der Waals surface area contributed by atoms with Crippen LogP contribution in [0.1, 0.15) is 195 Å². The van der Waals surface area contributed by atoms with E-state index in [2.05, 4.69) is 109 Å². The third kappa shape index (κ3) is 12.4. The first-order valence-electron chi connectivity index (χ1n) is 28.9. The van der Waals surface area contributed by atoms with Crippen LogP contribution in [0, 0.1) is 41.5 Å². The van der Waals surface area contributed by atoms with Crippen LogP contribution in [-0.4, -0.2) is 79.9 Å². The molecule has 7 rings (SSSR count). The summed E-state index contributed by atoms with van der Waals surface area (Å²) in [6.45, 7) is 39.3. The summed E-state index contributed by atoms with van der Waals surface area (Å²) in [5.74, 6) is -2.55. The van der Waals surface area contributed by atoms with Crippen molar-refractivity contribution in [1.82, 2.24) is 35.9 Å². The molecule has 2 aliphatic heterocycles. The van der Waals surface area contributed by atoms with E-state index in [1.165, 1.54) is 23.8 Å². The van der Waals surface area contributed by atoms with E-state index in [1.807, 2.05) is 56.3 Å². The van der Waals surface area contributed by atoms with Gasteiger partial charge < -0.3 is 35.4 Å². The number of esters is 2. The lowest BCUT2D eigenvalue weighted by molar-refractivity contribution is -0.153. The van der Waals surface area contributed by atoms with Crippen LogP contribution >= 0.6 is 0 Å². The normalized spacial score (nSPS) is 12.8. The van der Waals surface area contributed by atoms with E-state index in [9.17, 15) is 24.0 Å². The highest BCUT2D eigenvalue weighted by atomic mass is 16.5. The number of hydrogen-bond acceptors (Lipinski definition) is 9. The maximum absolute atomic E-state index is 14.3. The summed E-state index contributed by atoms with van der Waals surface area (Å²) in [7, 11) is 1.40. The highest BCUT2D eigenvalue weighted by Gasteiger charge is 2.41. The second-order valence-electron chi connectivity index (χ2n) is 24.8. The van der Waals surface area contributed by atoms with E-state index in [1.54, 1.807) is 41.5 Å². The zero-order chi connectivity index (χ0) is 61.5. The van der Waals surface area contributed by atoms with Crippen molar-refractivity contribution in [3.8, 4) is 0 Å². The van der Waals surface area contributed by atoms with Gasteiger partial charge in [0, 0.05) is 47.0 Å². The fourth-order valence-corrected chi connectivity index (χ4v) is 11.5. The molecule has 0 saturated heterocycles. The number of rotatable bonds is 17. The molecule has 0 unspecified atom stereocenters. The quantitative estimate of drug-likeness (QED) is 0.0563. The van der Waals surface area contributed by atoms with Crippen LogP contribution in [0.15, 0.2) is 53.6 Å². The zero-order valence-corrected chi connectivity index (χ0v) is 53.0. The minimum atomic E-state index is -1.50. The Morgan fingerprint density at radius 3 is 1.49 bits per heavy atom. The molecule has 2 aromatic carbocycles. The lowest BCUT2D eigenvalue weighted by Gasteiger charge is -2.34. The van der Waals surface area contributed by atoms with E-state index >= 15 is 0 Å². The SMILES string of the molecule is COC(=O)CCC1=C(C)c2nc1c(C)c1nc(c(C)c3[nH]c(c(C)c3C(C)=C(C)C)c(C)c3[nH]c(c2C)c(C)c3C(C)=C(C)C)C(C)=C1CCC(=O)NC(C)(C)C(=O)NC(C)(C)C(=O)NC(C)(C)C(=O)OCCc1cccc2ccccc12. The molecule has 3 amide bonds. The van der Waals surface area contributed by atoms with E-state index < -0.39 is 40.3 Å². The first-order valence-corrected chi connectivity index (χ1v) is 28.9. The highest BCUT2D eigenvalue weighted by molar-refractivity contribution is 6.03. The summed E-state index contributed by atoms with van der Waals surface area (Å²) < 4.78 is 10.8. The number of nitrogens with zero attached hydrogens (tertiary/aromatic N) is 2. The van der Waals surface area contributed by atoms with Crippen molar-refractivity contribution in [1.29, 1.82) is 0 Å². The van der Waals surface area contributed by atoms with E-state index in [0.717, 1.165) is 122 Å². The van der Waals surface area contributed by atoms with Crippen molar-refractivity contribution in [2.24, 2.45) is 0 Å². The number of hydrogen-bond donors (Lipinski definition) is 5. The first kappa shape index (κ1) is 62.7. The average molecular weight is 1130 g/mol. The Balaban J connectivity index is 1.24. The molecule has 5 heterocycles. The minimum Gasteiger partial charge on any atom is -0.469 e. The molecule has 0 saturated carbocycles. The number of aromatic nitrogens is 4. The molecular weight excluding hydrogens is 1040 g/mol. The molecule has 14 heteroatoms. The highest BCUT2D eigenvalue weighted by Crippen LogP contribution is 2.44. The number of fused-ring (bicyclic) bond motifs is 9. The lowest BCUT2D eigenvalue weighted by atomic mass is 9.93. The molecule has 3 aromatic heterocycles. The Kier molecular flexibility index (Phi) is 18.2. The van der Waals surface area contributed by atoms with Gasteiger partial charge >= 0.3 is 11.9 Å². The van der Waals surface area contributed by atoms with Gasteiger partial charge in [-0.05, 0) is 229 Å². The van der Waals surface area contributed by atoms with Crippen molar-refractivity contribution in [3.63, 3.8) is 0 Å². The molecule has 14 nitrogen and oxygen atoms in total.